The van der Waals surface area contributed by atoms with Gasteiger partial charge in [-0.2, -0.15) is 5.10 Å². The van der Waals surface area contributed by atoms with Crippen molar-refractivity contribution in [2.45, 2.75) is 30.5 Å². The van der Waals surface area contributed by atoms with Crippen LogP contribution in [0.3, 0.4) is 0 Å². The number of anilines is 2. The van der Waals surface area contributed by atoms with E-state index in [0.717, 1.165) is 5.39 Å². The van der Waals surface area contributed by atoms with Gasteiger partial charge >= 0.3 is 0 Å². The number of rotatable bonds is 7. The second-order valence-corrected chi connectivity index (χ2v) is 10.8. The summed E-state index contributed by atoms with van der Waals surface area (Å²) in [5.41, 5.74) is 2.28. The Morgan fingerprint density at radius 1 is 1.11 bits per heavy atom. The number of aliphatic hydroxyl groups excluding tert-OH is 1. The van der Waals surface area contributed by atoms with E-state index in [0.29, 0.717) is 54.3 Å². The number of halogens is 1. The van der Waals surface area contributed by atoms with Gasteiger partial charge in [-0.1, -0.05) is 0 Å². The number of piperidine rings is 1. The van der Waals surface area contributed by atoms with Gasteiger partial charge in [-0.3, -0.25) is 4.98 Å². The van der Waals surface area contributed by atoms with Crippen LogP contribution < -0.4 is 10.6 Å². The fourth-order valence-corrected chi connectivity index (χ4v) is 5.92. The van der Waals surface area contributed by atoms with Crippen LogP contribution in [-0.4, -0.2) is 51.6 Å². The Morgan fingerprint density at radius 2 is 1.94 bits per heavy atom. The molecule has 1 saturated heterocycles. The molecule has 1 aromatic carbocycles. The molecule has 35 heavy (non-hydrogen) atoms. The van der Waals surface area contributed by atoms with Crippen LogP contribution in [0, 0.1) is 5.82 Å². The normalized spacial score (nSPS) is 14.9. The number of sulfone groups is 1. The van der Waals surface area contributed by atoms with Crippen molar-refractivity contribution in [1.29, 1.82) is 0 Å². The van der Waals surface area contributed by atoms with Gasteiger partial charge in [0.25, 0.3) is 0 Å². The highest BCUT2D eigenvalue weighted by Crippen LogP contribution is 2.24. The third-order valence-corrected chi connectivity index (χ3v) is 8.25. The maximum absolute atomic E-state index is 14.8. The van der Waals surface area contributed by atoms with Crippen molar-refractivity contribution in [3.05, 3.63) is 72.1 Å². The first kappa shape index (κ1) is 23.3. The lowest BCUT2D eigenvalue weighted by Gasteiger charge is -2.22. The van der Waals surface area contributed by atoms with Gasteiger partial charge in [-0.15, -0.1) is 0 Å². The van der Waals surface area contributed by atoms with E-state index in [1.165, 1.54) is 10.7 Å². The highest BCUT2D eigenvalue weighted by Gasteiger charge is 2.27. The molecule has 0 unspecified atom stereocenters. The number of benzene rings is 1. The molecule has 0 radical (unpaired) electrons. The van der Waals surface area contributed by atoms with E-state index < -0.39 is 15.7 Å². The molecule has 1 aliphatic rings. The average molecular weight is 497 g/mol. The molecule has 0 saturated carbocycles. The number of pyridine rings is 2. The average Bonchev–Trinajstić information content (AvgIpc) is 3.35. The van der Waals surface area contributed by atoms with Gasteiger partial charge in [-0.25, -0.2) is 22.5 Å². The van der Waals surface area contributed by atoms with Gasteiger partial charge < -0.3 is 15.7 Å². The Kier molecular flexibility index (Phi) is 6.46. The quantitative estimate of drug-likeness (QED) is 0.357. The molecule has 0 aliphatic carbocycles. The lowest BCUT2D eigenvalue weighted by atomic mass is 10.2. The molecule has 9 nitrogen and oxygen atoms in total. The van der Waals surface area contributed by atoms with E-state index >= 15 is 0 Å². The largest absolute Gasteiger partial charge is 0.390 e. The van der Waals surface area contributed by atoms with Crippen molar-refractivity contribution in [3.63, 3.8) is 0 Å². The zero-order valence-corrected chi connectivity index (χ0v) is 19.7. The standard InChI is InChI=1S/C24H25FN6O3S/c25-21-11-19(31-10-7-17(14-32)30-31)3-4-22(21)29-24-12-23-16(13-27-24)1-2-18(28-23)15-35(33,34)20-5-8-26-9-6-20/h1-4,7,10-13,20,26,32H,5-6,8-9,14-15H2,(H,27,29). The number of fused-ring (bicyclic) bond motifs is 1. The summed E-state index contributed by atoms with van der Waals surface area (Å²) >= 11 is 0. The number of nitrogens with zero attached hydrogens (tertiary/aromatic N) is 4. The fourth-order valence-electron chi connectivity index (χ4n) is 4.16. The SMILES string of the molecule is O=S(=O)(Cc1ccc2cnc(Nc3ccc(-n4ccc(CO)n4)cc3F)cc2n1)C1CCNCC1. The molecule has 11 heteroatoms. The van der Waals surface area contributed by atoms with Crippen LogP contribution in [0.25, 0.3) is 16.6 Å². The van der Waals surface area contributed by atoms with E-state index in [4.69, 9.17) is 5.11 Å². The molecule has 3 aromatic heterocycles. The van der Waals surface area contributed by atoms with Crippen LogP contribution in [0.1, 0.15) is 24.2 Å². The highest BCUT2D eigenvalue weighted by molar-refractivity contribution is 7.91. The second-order valence-electron chi connectivity index (χ2n) is 8.52. The lowest BCUT2D eigenvalue weighted by Crippen LogP contribution is -2.36. The first-order valence-corrected chi connectivity index (χ1v) is 13.0. The molecule has 0 atom stereocenters. The van der Waals surface area contributed by atoms with Gasteiger partial charge in [0.05, 0.1) is 45.9 Å². The predicted molar refractivity (Wildman–Crippen MR) is 131 cm³/mol. The first-order chi connectivity index (χ1) is 16.9. The van der Waals surface area contributed by atoms with E-state index in [-0.39, 0.29) is 23.3 Å². The van der Waals surface area contributed by atoms with E-state index in [9.17, 15) is 12.8 Å². The van der Waals surface area contributed by atoms with Crippen LogP contribution >= 0.6 is 0 Å². The van der Waals surface area contributed by atoms with Crippen molar-refractivity contribution < 1.29 is 17.9 Å². The first-order valence-electron chi connectivity index (χ1n) is 11.3. The second kappa shape index (κ2) is 9.68. The molecule has 182 valence electrons. The Labute approximate surface area is 202 Å². The topological polar surface area (TPSA) is 122 Å². The molecular weight excluding hydrogens is 471 g/mol. The third-order valence-electron chi connectivity index (χ3n) is 6.06. The minimum Gasteiger partial charge on any atom is -0.390 e. The summed E-state index contributed by atoms with van der Waals surface area (Å²) in [6.45, 7) is 1.22. The third kappa shape index (κ3) is 5.16. The minimum atomic E-state index is -3.30. The van der Waals surface area contributed by atoms with Crippen LogP contribution in [0.15, 0.2) is 54.9 Å². The van der Waals surface area contributed by atoms with Crippen molar-refractivity contribution in [3.8, 4) is 5.69 Å². The summed E-state index contributed by atoms with van der Waals surface area (Å²) in [6, 6.07) is 11.4. The Bertz CT molecular complexity index is 1470. The molecule has 3 N–H and O–H groups in total. The molecule has 4 heterocycles. The lowest BCUT2D eigenvalue weighted by molar-refractivity contribution is 0.276. The smallest absolute Gasteiger partial charge is 0.158 e. The number of hydrogen-bond acceptors (Lipinski definition) is 8. The molecule has 0 bridgehead atoms. The minimum absolute atomic E-state index is 0.111. The Hall–Kier alpha value is -3.41. The summed E-state index contributed by atoms with van der Waals surface area (Å²) in [7, 11) is -3.30. The van der Waals surface area contributed by atoms with E-state index in [1.807, 2.05) is 0 Å². The fraction of sp³-hybridized carbons (Fsp3) is 0.292. The molecule has 0 spiro atoms. The van der Waals surface area contributed by atoms with Crippen LogP contribution in [0.5, 0.6) is 0 Å². The number of nitrogens with one attached hydrogen (secondary N) is 2. The maximum atomic E-state index is 14.8. The summed E-state index contributed by atoms with van der Waals surface area (Å²) in [5, 5.41) is 19.9. The van der Waals surface area contributed by atoms with Crippen molar-refractivity contribution in [2.24, 2.45) is 0 Å². The molecular formula is C24H25FN6O3S. The van der Waals surface area contributed by atoms with Gasteiger partial charge in [0.15, 0.2) is 9.84 Å². The van der Waals surface area contributed by atoms with E-state index in [1.54, 1.807) is 48.8 Å². The van der Waals surface area contributed by atoms with Crippen LogP contribution in [0.2, 0.25) is 0 Å². The van der Waals surface area contributed by atoms with Crippen molar-refractivity contribution in [2.75, 3.05) is 18.4 Å². The van der Waals surface area contributed by atoms with Gasteiger partial charge in [-0.05, 0) is 56.3 Å². The van der Waals surface area contributed by atoms with Gasteiger partial charge in [0, 0.05) is 29.9 Å². The summed E-state index contributed by atoms with van der Waals surface area (Å²) < 4.78 is 41.9. The maximum Gasteiger partial charge on any atom is 0.158 e. The molecule has 1 fully saturated rings. The number of aromatic nitrogens is 4. The zero-order valence-electron chi connectivity index (χ0n) is 18.9. The van der Waals surface area contributed by atoms with Crippen molar-refractivity contribution in [1.82, 2.24) is 25.1 Å². The Balaban J connectivity index is 1.35. The van der Waals surface area contributed by atoms with Gasteiger partial charge in [0.2, 0.25) is 0 Å². The van der Waals surface area contributed by atoms with Gasteiger partial charge in [0.1, 0.15) is 11.6 Å². The molecule has 1 aliphatic heterocycles. The zero-order chi connectivity index (χ0) is 24.4. The number of aliphatic hydroxyl groups is 1. The summed E-state index contributed by atoms with van der Waals surface area (Å²) in [5.74, 6) is -0.225. The number of hydrogen-bond donors (Lipinski definition) is 3. The molecule has 0 amide bonds. The monoisotopic (exact) mass is 496 g/mol. The predicted octanol–water partition coefficient (Wildman–Crippen LogP) is 2.86. The van der Waals surface area contributed by atoms with Crippen LogP contribution in [0.4, 0.5) is 15.9 Å². The highest BCUT2D eigenvalue weighted by atomic mass is 32.2. The van der Waals surface area contributed by atoms with Crippen LogP contribution in [-0.2, 0) is 22.2 Å². The van der Waals surface area contributed by atoms with Crippen molar-refractivity contribution >= 4 is 32.2 Å². The Morgan fingerprint density at radius 3 is 2.69 bits per heavy atom. The van der Waals surface area contributed by atoms with E-state index in [2.05, 4.69) is 25.7 Å². The molecule has 4 aromatic rings. The molecule has 5 rings (SSSR count). The summed E-state index contributed by atoms with van der Waals surface area (Å²) in [4.78, 5) is 8.87. The summed E-state index contributed by atoms with van der Waals surface area (Å²) in [6.07, 6.45) is 4.48.